The molecular formula is C20H17F2N3O3. The summed E-state index contributed by atoms with van der Waals surface area (Å²) >= 11 is 0. The number of halogens is 2. The van der Waals surface area contributed by atoms with Crippen LogP contribution >= 0.6 is 0 Å². The highest BCUT2D eigenvalue weighted by Gasteiger charge is 2.12. The Morgan fingerprint density at radius 3 is 2.43 bits per heavy atom. The van der Waals surface area contributed by atoms with Crippen LogP contribution in [-0.4, -0.2) is 25.1 Å². The molecule has 0 fully saturated rings. The number of benzene rings is 2. The van der Waals surface area contributed by atoms with E-state index in [1.807, 2.05) is 0 Å². The van der Waals surface area contributed by atoms with Gasteiger partial charge in [0.05, 0.1) is 31.2 Å². The van der Waals surface area contributed by atoms with Gasteiger partial charge in [0, 0.05) is 18.3 Å². The second kappa shape index (κ2) is 8.34. The van der Waals surface area contributed by atoms with E-state index in [2.05, 4.69) is 15.6 Å². The van der Waals surface area contributed by atoms with Gasteiger partial charge in [0.25, 0.3) is 5.91 Å². The number of rotatable bonds is 6. The van der Waals surface area contributed by atoms with Crippen molar-refractivity contribution in [3.8, 4) is 11.5 Å². The van der Waals surface area contributed by atoms with Crippen molar-refractivity contribution in [3.63, 3.8) is 0 Å². The third-order valence-corrected chi connectivity index (χ3v) is 3.87. The number of amides is 1. The SMILES string of the molecule is COc1ccc(OC)c(NC(=O)c2ccc(Nc3ccc(F)cc3F)nc2)c1. The molecule has 3 rings (SSSR count). The van der Waals surface area contributed by atoms with Crippen LogP contribution in [-0.2, 0) is 0 Å². The van der Waals surface area contributed by atoms with Crippen molar-refractivity contribution in [1.29, 1.82) is 0 Å². The summed E-state index contributed by atoms with van der Waals surface area (Å²) in [4.78, 5) is 16.6. The molecule has 144 valence electrons. The Labute approximate surface area is 160 Å². The molecule has 8 heteroatoms. The van der Waals surface area contributed by atoms with Crippen LogP contribution in [0.4, 0.5) is 26.0 Å². The highest BCUT2D eigenvalue weighted by Crippen LogP contribution is 2.29. The number of hydrogen-bond acceptors (Lipinski definition) is 5. The van der Waals surface area contributed by atoms with Crippen LogP contribution in [0.15, 0.2) is 54.7 Å². The van der Waals surface area contributed by atoms with Crippen LogP contribution in [0.3, 0.4) is 0 Å². The number of hydrogen-bond donors (Lipinski definition) is 2. The van der Waals surface area contributed by atoms with E-state index < -0.39 is 17.5 Å². The van der Waals surface area contributed by atoms with Gasteiger partial charge in [-0.2, -0.15) is 0 Å². The zero-order chi connectivity index (χ0) is 20.1. The lowest BCUT2D eigenvalue weighted by Gasteiger charge is -2.12. The van der Waals surface area contributed by atoms with Crippen molar-refractivity contribution < 1.29 is 23.0 Å². The monoisotopic (exact) mass is 385 g/mol. The average Bonchev–Trinajstić information content (AvgIpc) is 2.70. The number of anilines is 3. The molecule has 0 saturated heterocycles. The third-order valence-electron chi connectivity index (χ3n) is 3.87. The second-order valence-electron chi connectivity index (χ2n) is 5.70. The molecule has 0 atom stereocenters. The summed E-state index contributed by atoms with van der Waals surface area (Å²) in [6.07, 6.45) is 1.34. The highest BCUT2D eigenvalue weighted by atomic mass is 19.1. The van der Waals surface area contributed by atoms with E-state index in [0.717, 1.165) is 12.1 Å². The number of carbonyl (C=O) groups excluding carboxylic acids is 1. The smallest absolute Gasteiger partial charge is 0.257 e. The lowest BCUT2D eigenvalue weighted by atomic mass is 10.2. The fourth-order valence-electron chi connectivity index (χ4n) is 2.44. The van der Waals surface area contributed by atoms with Crippen molar-refractivity contribution in [2.45, 2.75) is 0 Å². The first-order valence-corrected chi connectivity index (χ1v) is 8.21. The van der Waals surface area contributed by atoms with Crippen molar-refractivity contribution >= 4 is 23.1 Å². The Balaban J connectivity index is 1.73. The molecule has 2 N–H and O–H groups in total. The molecule has 0 bridgehead atoms. The fourth-order valence-corrected chi connectivity index (χ4v) is 2.44. The Bertz CT molecular complexity index is 994. The van der Waals surface area contributed by atoms with Gasteiger partial charge >= 0.3 is 0 Å². The van der Waals surface area contributed by atoms with E-state index in [1.54, 1.807) is 18.2 Å². The van der Waals surface area contributed by atoms with E-state index in [-0.39, 0.29) is 11.3 Å². The quantitative estimate of drug-likeness (QED) is 0.659. The number of pyridine rings is 1. The fraction of sp³-hybridized carbons (Fsp3) is 0.100. The molecule has 28 heavy (non-hydrogen) atoms. The lowest BCUT2D eigenvalue weighted by Crippen LogP contribution is -2.13. The van der Waals surface area contributed by atoms with Gasteiger partial charge in [0.2, 0.25) is 0 Å². The molecule has 0 aliphatic heterocycles. The van der Waals surface area contributed by atoms with Gasteiger partial charge in [-0.1, -0.05) is 0 Å². The van der Waals surface area contributed by atoms with Gasteiger partial charge in [0.1, 0.15) is 29.0 Å². The number of methoxy groups -OCH3 is 2. The minimum absolute atomic E-state index is 0.0761. The summed E-state index contributed by atoms with van der Waals surface area (Å²) in [6, 6.07) is 11.2. The molecule has 1 aromatic heterocycles. The number of ether oxygens (including phenoxy) is 2. The zero-order valence-electron chi connectivity index (χ0n) is 15.1. The Kier molecular flexibility index (Phi) is 5.69. The first kappa shape index (κ1) is 19.1. The van der Waals surface area contributed by atoms with Crippen molar-refractivity contribution in [2.24, 2.45) is 0 Å². The number of carbonyl (C=O) groups is 1. The summed E-state index contributed by atoms with van der Waals surface area (Å²) in [7, 11) is 3.01. The van der Waals surface area contributed by atoms with Gasteiger partial charge in [-0.25, -0.2) is 13.8 Å². The van der Waals surface area contributed by atoms with E-state index in [0.29, 0.717) is 23.0 Å². The van der Waals surface area contributed by atoms with Crippen LogP contribution in [0.1, 0.15) is 10.4 Å². The molecule has 0 unspecified atom stereocenters. The predicted octanol–water partition coefficient (Wildman–Crippen LogP) is 4.37. The Morgan fingerprint density at radius 1 is 0.964 bits per heavy atom. The molecule has 1 amide bonds. The van der Waals surface area contributed by atoms with Gasteiger partial charge in [-0.05, 0) is 36.4 Å². The molecule has 0 aliphatic carbocycles. The van der Waals surface area contributed by atoms with Crippen LogP contribution in [0, 0.1) is 11.6 Å². The topological polar surface area (TPSA) is 72.5 Å². The van der Waals surface area contributed by atoms with E-state index in [1.165, 1.54) is 38.6 Å². The van der Waals surface area contributed by atoms with E-state index in [9.17, 15) is 13.6 Å². The van der Waals surface area contributed by atoms with E-state index in [4.69, 9.17) is 9.47 Å². The number of nitrogens with zero attached hydrogens (tertiary/aromatic N) is 1. The van der Waals surface area contributed by atoms with Crippen molar-refractivity contribution in [3.05, 3.63) is 71.9 Å². The minimum atomic E-state index is -0.742. The molecule has 6 nitrogen and oxygen atoms in total. The number of aromatic nitrogens is 1. The maximum Gasteiger partial charge on any atom is 0.257 e. The maximum atomic E-state index is 13.7. The number of nitrogens with one attached hydrogen (secondary N) is 2. The van der Waals surface area contributed by atoms with Crippen molar-refractivity contribution in [2.75, 3.05) is 24.9 Å². The predicted molar refractivity (Wildman–Crippen MR) is 101 cm³/mol. The van der Waals surface area contributed by atoms with Crippen LogP contribution in [0.5, 0.6) is 11.5 Å². The summed E-state index contributed by atoms with van der Waals surface area (Å²) in [6.45, 7) is 0. The van der Waals surface area contributed by atoms with Crippen molar-refractivity contribution in [1.82, 2.24) is 4.98 Å². The van der Waals surface area contributed by atoms with Crippen LogP contribution < -0.4 is 20.1 Å². The summed E-state index contributed by atoms with van der Waals surface area (Å²) in [5, 5.41) is 5.46. The van der Waals surface area contributed by atoms with Gasteiger partial charge < -0.3 is 20.1 Å². The Hall–Kier alpha value is -3.68. The molecule has 0 spiro atoms. The summed E-state index contributed by atoms with van der Waals surface area (Å²) < 4.78 is 37.0. The molecule has 3 aromatic rings. The first-order valence-electron chi connectivity index (χ1n) is 8.21. The maximum absolute atomic E-state index is 13.7. The summed E-state index contributed by atoms with van der Waals surface area (Å²) in [5.41, 5.74) is 0.810. The lowest BCUT2D eigenvalue weighted by molar-refractivity contribution is 0.102. The molecule has 0 radical (unpaired) electrons. The second-order valence-corrected chi connectivity index (χ2v) is 5.70. The first-order chi connectivity index (χ1) is 13.5. The van der Waals surface area contributed by atoms with Gasteiger partial charge in [-0.3, -0.25) is 4.79 Å². The zero-order valence-corrected chi connectivity index (χ0v) is 15.1. The van der Waals surface area contributed by atoms with Gasteiger partial charge in [-0.15, -0.1) is 0 Å². The van der Waals surface area contributed by atoms with Crippen LogP contribution in [0.2, 0.25) is 0 Å². The van der Waals surface area contributed by atoms with E-state index >= 15 is 0 Å². The average molecular weight is 385 g/mol. The Morgan fingerprint density at radius 2 is 1.79 bits per heavy atom. The van der Waals surface area contributed by atoms with Gasteiger partial charge in [0.15, 0.2) is 0 Å². The van der Waals surface area contributed by atoms with Crippen LogP contribution in [0.25, 0.3) is 0 Å². The standard InChI is InChI=1S/C20H17F2N3O3/c1-27-14-5-7-18(28-2)17(10-14)25-20(26)12-3-8-19(23-11-12)24-16-6-4-13(21)9-15(16)22/h3-11H,1-2H3,(H,23,24)(H,25,26). The molecule has 2 aromatic carbocycles. The molecule has 1 heterocycles. The minimum Gasteiger partial charge on any atom is -0.497 e. The highest BCUT2D eigenvalue weighted by molar-refractivity contribution is 6.05. The molecule has 0 aliphatic rings. The normalized spacial score (nSPS) is 10.3. The largest absolute Gasteiger partial charge is 0.497 e. The summed E-state index contributed by atoms with van der Waals surface area (Å²) in [5.74, 6) is -0.466. The molecule has 0 saturated carbocycles. The third kappa shape index (κ3) is 4.35. The molecular weight excluding hydrogens is 368 g/mol.